The van der Waals surface area contributed by atoms with Gasteiger partial charge in [0.2, 0.25) is 0 Å². The van der Waals surface area contributed by atoms with E-state index in [1.165, 1.54) is 5.56 Å². The van der Waals surface area contributed by atoms with Crippen LogP contribution in [0, 0.1) is 17.2 Å². The highest BCUT2D eigenvalue weighted by Crippen LogP contribution is 2.24. The van der Waals surface area contributed by atoms with Gasteiger partial charge in [-0.2, -0.15) is 5.26 Å². The van der Waals surface area contributed by atoms with Crippen molar-refractivity contribution in [3.05, 3.63) is 29.8 Å². The second kappa shape index (κ2) is 8.02. The average Bonchev–Trinajstić information content (AvgIpc) is 2.98. The smallest absolute Gasteiger partial charge is 0.174 e. The fraction of sp³-hybridized carbons (Fsp3) is 0.588. The summed E-state index contributed by atoms with van der Waals surface area (Å²) in [7, 11) is 0. The van der Waals surface area contributed by atoms with Gasteiger partial charge in [-0.15, -0.1) is 0 Å². The summed E-state index contributed by atoms with van der Waals surface area (Å²) in [5, 5.41) is 12.1. The molecule has 21 heavy (non-hydrogen) atoms. The predicted molar refractivity (Wildman–Crippen MR) is 82.1 cm³/mol. The number of nitrogens with zero attached hydrogens (tertiary/aromatic N) is 1. The fourth-order valence-electron chi connectivity index (χ4n) is 2.79. The molecule has 1 N–H and O–H groups in total. The molecule has 0 bridgehead atoms. The predicted octanol–water partition coefficient (Wildman–Crippen LogP) is 3.05. The quantitative estimate of drug-likeness (QED) is 0.838. The molecule has 0 amide bonds. The van der Waals surface area contributed by atoms with Gasteiger partial charge in [-0.25, -0.2) is 0 Å². The standard InChI is InChI=1S/C17H24N2O2/c1-3-17-15(8-10-21-17)12-19-13(2)14-4-6-16(7-5-14)20-11-9-18/h4-7,13,15,17,19H,3,8,10-12H2,1-2H3. The summed E-state index contributed by atoms with van der Waals surface area (Å²) >= 11 is 0. The third kappa shape index (κ3) is 4.45. The van der Waals surface area contributed by atoms with Crippen molar-refractivity contribution in [2.75, 3.05) is 19.8 Å². The summed E-state index contributed by atoms with van der Waals surface area (Å²) in [6.07, 6.45) is 2.65. The molecule has 0 aromatic heterocycles. The van der Waals surface area contributed by atoms with Gasteiger partial charge in [-0.3, -0.25) is 0 Å². The molecule has 1 aromatic carbocycles. The third-order valence-corrected chi connectivity index (χ3v) is 4.12. The van der Waals surface area contributed by atoms with Gasteiger partial charge in [-0.1, -0.05) is 19.1 Å². The largest absolute Gasteiger partial charge is 0.479 e. The molecule has 1 aliphatic heterocycles. The van der Waals surface area contributed by atoms with E-state index in [4.69, 9.17) is 14.7 Å². The Morgan fingerprint density at radius 1 is 1.43 bits per heavy atom. The molecular formula is C17H24N2O2. The topological polar surface area (TPSA) is 54.3 Å². The van der Waals surface area contributed by atoms with Gasteiger partial charge in [0.25, 0.3) is 0 Å². The first-order valence-electron chi connectivity index (χ1n) is 7.69. The summed E-state index contributed by atoms with van der Waals surface area (Å²) in [5.74, 6) is 1.36. The summed E-state index contributed by atoms with van der Waals surface area (Å²) < 4.78 is 11.0. The molecule has 0 saturated carbocycles. The van der Waals surface area contributed by atoms with Gasteiger partial charge in [0.1, 0.15) is 11.8 Å². The minimum atomic E-state index is 0.0905. The van der Waals surface area contributed by atoms with Gasteiger partial charge < -0.3 is 14.8 Å². The molecule has 2 rings (SSSR count). The molecule has 1 saturated heterocycles. The van der Waals surface area contributed by atoms with Gasteiger partial charge in [-0.05, 0) is 43.4 Å². The molecule has 3 unspecified atom stereocenters. The van der Waals surface area contributed by atoms with E-state index in [0.717, 1.165) is 31.7 Å². The Hall–Kier alpha value is -1.57. The molecule has 1 fully saturated rings. The first-order valence-corrected chi connectivity index (χ1v) is 7.69. The normalized spacial score (nSPS) is 22.7. The van der Waals surface area contributed by atoms with Crippen molar-refractivity contribution in [2.45, 2.75) is 38.8 Å². The maximum absolute atomic E-state index is 8.49. The van der Waals surface area contributed by atoms with Crippen LogP contribution in [0.2, 0.25) is 0 Å². The van der Waals surface area contributed by atoms with Gasteiger partial charge in [0.05, 0.1) is 6.10 Å². The lowest BCUT2D eigenvalue weighted by molar-refractivity contribution is 0.0867. The Morgan fingerprint density at radius 2 is 2.19 bits per heavy atom. The lowest BCUT2D eigenvalue weighted by Gasteiger charge is -2.21. The van der Waals surface area contributed by atoms with Crippen LogP contribution in [-0.2, 0) is 4.74 Å². The van der Waals surface area contributed by atoms with Crippen molar-refractivity contribution in [1.82, 2.24) is 5.32 Å². The second-order valence-electron chi connectivity index (χ2n) is 5.51. The minimum Gasteiger partial charge on any atom is -0.479 e. The first-order chi connectivity index (χ1) is 10.2. The maximum atomic E-state index is 8.49. The Morgan fingerprint density at radius 3 is 2.86 bits per heavy atom. The molecule has 1 aromatic rings. The van der Waals surface area contributed by atoms with E-state index in [1.54, 1.807) is 0 Å². The van der Waals surface area contributed by atoms with Crippen LogP contribution >= 0.6 is 0 Å². The van der Waals surface area contributed by atoms with Crippen molar-refractivity contribution in [1.29, 1.82) is 5.26 Å². The van der Waals surface area contributed by atoms with Crippen LogP contribution in [0.4, 0.5) is 0 Å². The number of rotatable bonds is 7. The lowest BCUT2D eigenvalue weighted by Crippen LogP contribution is -2.30. The van der Waals surface area contributed by atoms with E-state index < -0.39 is 0 Å². The summed E-state index contributed by atoms with van der Waals surface area (Å²) in [6, 6.07) is 10.2. The summed E-state index contributed by atoms with van der Waals surface area (Å²) in [5.41, 5.74) is 1.23. The Kier molecular flexibility index (Phi) is 6.04. The number of nitriles is 1. The molecule has 4 heteroatoms. The van der Waals surface area contributed by atoms with Crippen LogP contribution in [0.25, 0.3) is 0 Å². The highest BCUT2D eigenvalue weighted by molar-refractivity contribution is 5.29. The minimum absolute atomic E-state index is 0.0905. The molecule has 114 valence electrons. The Bertz CT molecular complexity index is 467. The highest BCUT2D eigenvalue weighted by Gasteiger charge is 2.26. The van der Waals surface area contributed by atoms with Crippen LogP contribution in [0.1, 0.15) is 38.3 Å². The van der Waals surface area contributed by atoms with E-state index in [-0.39, 0.29) is 6.61 Å². The van der Waals surface area contributed by atoms with Crippen molar-refractivity contribution >= 4 is 0 Å². The van der Waals surface area contributed by atoms with Crippen molar-refractivity contribution in [3.8, 4) is 11.8 Å². The van der Waals surface area contributed by atoms with E-state index in [1.807, 2.05) is 30.3 Å². The second-order valence-corrected chi connectivity index (χ2v) is 5.51. The van der Waals surface area contributed by atoms with E-state index in [0.29, 0.717) is 18.1 Å². The molecule has 1 heterocycles. The third-order valence-electron chi connectivity index (χ3n) is 4.12. The lowest BCUT2D eigenvalue weighted by atomic mass is 9.98. The van der Waals surface area contributed by atoms with Crippen molar-refractivity contribution in [3.63, 3.8) is 0 Å². The van der Waals surface area contributed by atoms with E-state index in [9.17, 15) is 0 Å². The van der Waals surface area contributed by atoms with Crippen LogP contribution in [0.5, 0.6) is 5.75 Å². The average molecular weight is 288 g/mol. The zero-order chi connectivity index (χ0) is 15.1. The zero-order valence-electron chi connectivity index (χ0n) is 12.8. The maximum Gasteiger partial charge on any atom is 0.174 e. The van der Waals surface area contributed by atoms with Gasteiger partial charge >= 0.3 is 0 Å². The van der Waals surface area contributed by atoms with Crippen LogP contribution in [0.3, 0.4) is 0 Å². The van der Waals surface area contributed by atoms with Crippen LogP contribution in [0.15, 0.2) is 24.3 Å². The SMILES string of the molecule is CCC1OCCC1CNC(C)c1ccc(OCC#N)cc1. The summed E-state index contributed by atoms with van der Waals surface area (Å²) in [6.45, 7) is 6.33. The number of nitrogens with one attached hydrogen (secondary N) is 1. The van der Waals surface area contributed by atoms with E-state index >= 15 is 0 Å². The molecule has 0 spiro atoms. The number of hydrogen-bond donors (Lipinski definition) is 1. The van der Waals surface area contributed by atoms with Gasteiger partial charge in [0, 0.05) is 19.2 Å². The Labute approximate surface area is 127 Å². The molecule has 1 aliphatic rings. The molecule has 0 aliphatic carbocycles. The fourth-order valence-corrected chi connectivity index (χ4v) is 2.79. The van der Waals surface area contributed by atoms with Crippen LogP contribution < -0.4 is 10.1 Å². The van der Waals surface area contributed by atoms with Crippen molar-refractivity contribution < 1.29 is 9.47 Å². The van der Waals surface area contributed by atoms with Crippen LogP contribution in [-0.4, -0.2) is 25.9 Å². The zero-order valence-corrected chi connectivity index (χ0v) is 12.8. The van der Waals surface area contributed by atoms with E-state index in [2.05, 4.69) is 19.2 Å². The monoisotopic (exact) mass is 288 g/mol. The number of ether oxygens (including phenoxy) is 2. The Balaban J connectivity index is 1.82. The molecular weight excluding hydrogens is 264 g/mol. The molecule has 3 atom stereocenters. The number of benzene rings is 1. The van der Waals surface area contributed by atoms with Gasteiger partial charge in [0.15, 0.2) is 6.61 Å². The molecule has 0 radical (unpaired) electrons. The molecule has 4 nitrogen and oxygen atoms in total. The number of hydrogen-bond acceptors (Lipinski definition) is 4. The highest BCUT2D eigenvalue weighted by atomic mass is 16.5. The van der Waals surface area contributed by atoms with Crippen molar-refractivity contribution in [2.24, 2.45) is 5.92 Å². The first kappa shape index (κ1) is 15.8. The summed E-state index contributed by atoms with van der Waals surface area (Å²) in [4.78, 5) is 0.